The van der Waals surface area contributed by atoms with E-state index in [-0.39, 0.29) is 42.9 Å². The van der Waals surface area contributed by atoms with Crippen molar-refractivity contribution in [3.8, 4) is 11.1 Å². The Bertz CT molecular complexity index is 1070. The van der Waals surface area contributed by atoms with E-state index in [0.29, 0.717) is 6.42 Å². The van der Waals surface area contributed by atoms with Crippen molar-refractivity contribution in [3.63, 3.8) is 0 Å². The molecule has 1 aliphatic carbocycles. The lowest BCUT2D eigenvalue weighted by Gasteiger charge is -2.40. The molecule has 2 aromatic carbocycles. The van der Waals surface area contributed by atoms with E-state index in [2.05, 4.69) is 29.6 Å². The molecule has 0 saturated carbocycles. The zero-order valence-corrected chi connectivity index (χ0v) is 20.0. The first-order valence-corrected chi connectivity index (χ1v) is 12.6. The zero-order valence-electron chi connectivity index (χ0n) is 20.0. The van der Waals surface area contributed by atoms with Gasteiger partial charge in [-0.3, -0.25) is 9.59 Å². The molecule has 2 unspecified atom stereocenters. The van der Waals surface area contributed by atoms with E-state index in [1.54, 1.807) is 0 Å². The number of carboxylic acid groups (broad SMARTS) is 1. The molecule has 3 aliphatic rings. The van der Waals surface area contributed by atoms with E-state index in [4.69, 9.17) is 9.84 Å². The van der Waals surface area contributed by atoms with Crippen LogP contribution < -0.4 is 5.32 Å². The molecule has 2 N–H and O–H groups in total. The van der Waals surface area contributed by atoms with E-state index in [0.717, 1.165) is 36.8 Å². The number of benzene rings is 2. The summed E-state index contributed by atoms with van der Waals surface area (Å²) in [5.74, 6) is -0.780. The maximum Gasteiger partial charge on any atom is 0.407 e. The number of hydrogen-bond acceptors (Lipinski definition) is 4. The summed E-state index contributed by atoms with van der Waals surface area (Å²) in [6, 6.07) is 15.8. The number of hydrogen-bond donors (Lipinski definition) is 2. The Morgan fingerprint density at radius 3 is 2.11 bits per heavy atom. The highest BCUT2D eigenvalue weighted by atomic mass is 16.5. The van der Waals surface area contributed by atoms with E-state index in [1.807, 2.05) is 36.1 Å². The van der Waals surface area contributed by atoms with Crippen LogP contribution in [0.3, 0.4) is 0 Å². The number of nitrogens with one attached hydrogen (secondary N) is 1. The van der Waals surface area contributed by atoms with Crippen molar-refractivity contribution in [2.45, 2.75) is 69.5 Å². The summed E-state index contributed by atoms with van der Waals surface area (Å²) in [6.45, 7) is 2.09. The second kappa shape index (κ2) is 9.72. The molecule has 2 aromatic rings. The minimum atomic E-state index is -0.780. The van der Waals surface area contributed by atoms with Gasteiger partial charge in [-0.25, -0.2) is 4.79 Å². The number of amides is 2. The van der Waals surface area contributed by atoms with Gasteiger partial charge in [0.05, 0.1) is 0 Å². The van der Waals surface area contributed by atoms with Gasteiger partial charge in [0.2, 0.25) is 5.91 Å². The van der Waals surface area contributed by atoms with Gasteiger partial charge in [0, 0.05) is 24.4 Å². The Labute approximate surface area is 205 Å². The topological polar surface area (TPSA) is 95.9 Å². The summed E-state index contributed by atoms with van der Waals surface area (Å²) < 4.78 is 5.65. The summed E-state index contributed by atoms with van der Waals surface area (Å²) in [5.41, 5.74) is 4.62. The molecule has 184 valence electrons. The highest BCUT2D eigenvalue weighted by molar-refractivity contribution is 5.86. The first-order valence-electron chi connectivity index (χ1n) is 12.6. The number of carboxylic acids is 1. The number of fused-ring (bicyclic) bond motifs is 5. The molecule has 5 rings (SSSR count). The fraction of sp³-hybridized carbons (Fsp3) is 0.464. The molecule has 7 heteroatoms. The van der Waals surface area contributed by atoms with Gasteiger partial charge < -0.3 is 20.1 Å². The molecule has 2 saturated heterocycles. The highest BCUT2D eigenvalue weighted by Gasteiger charge is 2.45. The molecule has 35 heavy (non-hydrogen) atoms. The average molecular weight is 477 g/mol. The minimum absolute atomic E-state index is 0.0342. The monoisotopic (exact) mass is 476 g/mol. The van der Waals surface area contributed by atoms with Gasteiger partial charge in [-0.1, -0.05) is 55.5 Å². The van der Waals surface area contributed by atoms with E-state index >= 15 is 0 Å². The first kappa shape index (κ1) is 23.4. The molecule has 2 bridgehead atoms. The summed E-state index contributed by atoms with van der Waals surface area (Å²) >= 11 is 0. The molecule has 0 aromatic heterocycles. The van der Waals surface area contributed by atoms with E-state index in [9.17, 15) is 14.4 Å². The number of alkyl carbamates (subject to hydrolysis) is 1. The van der Waals surface area contributed by atoms with E-state index < -0.39 is 18.1 Å². The highest BCUT2D eigenvalue weighted by Crippen LogP contribution is 2.44. The van der Waals surface area contributed by atoms with Crippen molar-refractivity contribution in [1.29, 1.82) is 0 Å². The predicted octanol–water partition coefficient (Wildman–Crippen LogP) is 4.55. The molecule has 3 atom stereocenters. The normalized spacial score (nSPS) is 23.3. The number of rotatable bonds is 7. The molecule has 0 radical (unpaired) electrons. The predicted molar refractivity (Wildman–Crippen MR) is 131 cm³/mol. The van der Waals surface area contributed by atoms with Crippen LogP contribution in [0.4, 0.5) is 4.79 Å². The fourth-order valence-corrected chi connectivity index (χ4v) is 6.36. The SMILES string of the molecule is CC[C@H](NC(=O)OCC1c2ccccc2-c2ccccc21)C(=O)N1C2CCC1CC(CC(=O)O)C2. The number of piperidine rings is 1. The van der Waals surface area contributed by atoms with Crippen molar-refractivity contribution in [2.24, 2.45) is 5.92 Å². The lowest BCUT2D eigenvalue weighted by molar-refractivity contribution is -0.141. The Balaban J connectivity index is 1.21. The van der Waals surface area contributed by atoms with Crippen molar-refractivity contribution in [1.82, 2.24) is 10.2 Å². The third-order valence-corrected chi connectivity index (χ3v) is 7.89. The molecule has 0 spiro atoms. The van der Waals surface area contributed by atoms with Crippen LogP contribution in [0.1, 0.15) is 62.5 Å². The van der Waals surface area contributed by atoms with Gasteiger partial charge in [-0.15, -0.1) is 0 Å². The van der Waals surface area contributed by atoms with Crippen LogP contribution in [0, 0.1) is 5.92 Å². The Morgan fingerprint density at radius 1 is 1.00 bits per heavy atom. The van der Waals surface area contributed by atoms with Crippen molar-refractivity contribution in [2.75, 3.05) is 6.61 Å². The standard InChI is InChI=1S/C28H32N2O5/c1-2-25(27(33)30-18-11-12-19(30)14-17(13-18)15-26(31)32)29-28(34)35-16-24-22-9-5-3-7-20(22)21-8-4-6-10-23(21)24/h3-10,17-19,24-25H,2,11-16H2,1H3,(H,29,34)(H,31,32)/t17?,18?,19?,25-/m0/s1. The molecule has 2 heterocycles. The van der Waals surface area contributed by atoms with Crippen LogP contribution in [0.15, 0.2) is 48.5 Å². The lowest BCUT2D eigenvalue weighted by atomic mass is 9.87. The van der Waals surface area contributed by atoms with Crippen molar-refractivity contribution >= 4 is 18.0 Å². The van der Waals surface area contributed by atoms with Gasteiger partial charge in [-0.05, 0) is 60.3 Å². The summed E-state index contributed by atoms with van der Waals surface area (Å²) in [5, 5.41) is 12.0. The lowest BCUT2D eigenvalue weighted by Crippen LogP contribution is -2.54. The maximum absolute atomic E-state index is 13.4. The second-order valence-corrected chi connectivity index (χ2v) is 10.00. The zero-order chi connectivity index (χ0) is 24.5. The molecule has 2 amide bonds. The summed E-state index contributed by atoms with van der Waals surface area (Å²) in [7, 11) is 0. The number of aliphatic carboxylic acids is 1. The quantitative estimate of drug-likeness (QED) is 0.611. The van der Waals surface area contributed by atoms with Crippen molar-refractivity contribution in [3.05, 3.63) is 59.7 Å². The van der Waals surface area contributed by atoms with Gasteiger partial charge >= 0.3 is 12.1 Å². The molecular weight excluding hydrogens is 444 g/mol. The third-order valence-electron chi connectivity index (χ3n) is 7.89. The van der Waals surface area contributed by atoms with Gasteiger partial charge in [0.15, 0.2) is 0 Å². The van der Waals surface area contributed by atoms with Crippen LogP contribution in [-0.2, 0) is 14.3 Å². The summed E-state index contributed by atoms with van der Waals surface area (Å²) in [6.07, 6.45) is 3.27. The number of ether oxygens (including phenoxy) is 1. The van der Waals surface area contributed by atoms with Crippen LogP contribution in [0.5, 0.6) is 0 Å². The minimum Gasteiger partial charge on any atom is -0.481 e. The first-order chi connectivity index (χ1) is 17.0. The van der Waals surface area contributed by atoms with Crippen molar-refractivity contribution < 1.29 is 24.2 Å². The van der Waals surface area contributed by atoms with Crippen LogP contribution in [0.25, 0.3) is 11.1 Å². The van der Waals surface area contributed by atoms with Crippen LogP contribution in [-0.4, -0.2) is 52.7 Å². The number of nitrogens with zero attached hydrogens (tertiary/aromatic N) is 1. The third kappa shape index (κ3) is 4.51. The van der Waals surface area contributed by atoms with Gasteiger partial charge in [0.1, 0.15) is 12.6 Å². The molecule has 2 fully saturated rings. The molecular formula is C28H32N2O5. The average Bonchev–Trinajstić information content (AvgIpc) is 3.31. The Hall–Kier alpha value is -3.35. The maximum atomic E-state index is 13.4. The Kier molecular flexibility index (Phi) is 6.50. The van der Waals surface area contributed by atoms with Gasteiger partial charge in [-0.2, -0.15) is 0 Å². The van der Waals surface area contributed by atoms with E-state index in [1.165, 1.54) is 11.1 Å². The molecule has 2 aliphatic heterocycles. The smallest absolute Gasteiger partial charge is 0.407 e. The largest absolute Gasteiger partial charge is 0.481 e. The second-order valence-electron chi connectivity index (χ2n) is 10.00. The van der Waals surface area contributed by atoms with Crippen LogP contribution >= 0.6 is 0 Å². The Morgan fingerprint density at radius 2 is 1.57 bits per heavy atom. The fourth-order valence-electron chi connectivity index (χ4n) is 6.36. The van der Waals surface area contributed by atoms with Gasteiger partial charge in [0.25, 0.3) is 0 Å². The number of carbonyl (C=O) groups excluding carboxylic acids is 2. The number of carbonyl (C=O) groups is 3. The van der Waals surface area contributed by atoms with Crippen LogP contribution in [0.2, 0.25) is 0 Å². The molecule has 7 nitrogen and oxygen atoms in total. The summed E-state index contributed by atoms with van der Waals surface area (Å²) in [4.78, 5) is 39.2.